The number of hydrogen-bond acceptors (Lipinski definition) is 4. The maximum atomic E-state index is 11.8. The summed E-state index contributed by atoms with van der Waals surface area (Å²) in [7, 11) is 1.37. The van der Waals surface area contributed by atoms with Gasteiger partial charge in [-0.2, -0.15) is 0 Å². The molecule has 108 valence electrons. The molecule has 1 heterocycles. The van der Waals surface area contributed by atoms with E-state index in [4.69, 9.17) is 9.47 Å². The molecule has 0 aromatic carbocycles. The van der Waals surface area contributed by atoms with E-state index in [9.17, 15) is 9.59 Å². The first-order valence-electron chi connectivity index (χ1n) is 7.06. The van der Waals surface area contributed by atoms with Crippen molar-refractivity contribution in [2.75, 3.05) is 7.11 Å². The highest BCUT2D eigenvalue weighted by Gasteiger charge is 2.36. The maximum absolute atomic E-state index is 11.8. The van der Waals surface area contributed by atoms with Gasteiger partial charge in [-0.15, -0.1) is 0 Å². The molecule has 0 spiro atoms. The number of esters is 2. The minimum absolute atomic E-state index is 0.320. The normalized spacial score (nSPS) is 22.7. The Labute approximate surface area is 115 Å². The summed E-state index contributed by atoms with van der Waals surface area (Å²) in [4.78, 5) is 23.2. The van der Waals surface area contributed by atoms with Crippen molar-refractivity contribution in [3.8, 4) is 0 Å². The van der Waals surface area contributed by atoms with Gasteiger partial charge in [-0.25, -0.2) is 4.79 Å². The molecule has 0 saturated carbocycles. The Kier molecular flexibility index (Phi) is 6.60. The lowest BCUT2D eigenvalue weighted by Gasteiger charge is -2.29. The zero-order chi connectivity index (χ0) is 14.3. The van der Waals surface area contributed by atoms with Crippen LogP contribution in [-0.4, -0.2) is 25.2 Å². The Morgan fingerprint density at radius 1 is 1.32 bits per heavy atom. The third kappa shape index (κ3) is 4.69. The molecule has 0 amide bonds. The number of cyclic esters (lactones) is 1. The molecule has 0 aliphatic carbocycles. The fourth-order valence-electron chi connectivity index (χ4n) is 2.46. The molecule has 4 nitrogen and oxygen atoms in total. The first kappa shape index (κ1) is 15.7. The highest BCUT2D eigenvalue weighted by atomic mass is 16.6. The monoisotopic (exact) mass is 268 g/mol. The van der Waals surface area contributed by atoms with Gasteiger partial charge in [0.15, 0.2) is 0 Å². The van der Waals surface area contributed by atoms with Gasteiger partial charge < -0.3 is 9.47 Å². The molecule has 0 fully saturated rings. The predicted octanol–water partition coefficient (Wildman–Crippen LogP) is 3.01. The van der Waals surface area contributed by atoms with E-state index in [2.05, 4.69) is 6.92 Å². The Morgan fingerprint density at radius 3 is 2.63 bits per heavy atom. The molecule has 0 N–H and O–H groups in total. The van der Waals surface area contributed by atoms with Crippen molar-refractivity contribution in [1.82, 2.24) is 0 Å². The van der Waals surface area contributed by atoms with Crippen molar-refractivity contribution in [2.45, 2.75) is 58.5 Å². The third-order valence-corrected chi connectivity index (χ3v) is 3.52. The lowest BCUT2D eigenvalue weighted by molar-refractivity contribution is -0.157. The molecule has 1 aliphatic heterocycles. The van der Waals surface area contributed by atoms with Crippen LogP contribution in [0.3, 0.4) is 0 Å². The molecule has 0 bridgehead atoms. The van der Waals surface area contributed by atoms with Crippen molar-refractivity contribution in [2.24, 2.45) is 5.92 Å². The van der Waals surface area contributed by atoms with E-state index < -0.39 is 5.92 Å². The van der Waals surface area contributed by atoms with E-state index in [1.807, 2.05) is 0 Å². The van der Waals surface area contributed by atoms with Gasteiger partial charge in [0.05, 0.1) is 7.11 Å². The van der Waals surface area contributed by atoms with Crippen LogP contribution in [0, 0.1) is 5.92 Å². The summed E-state index contributed by atoms with van der Waals surface area (Å²) >= 11 is 0. The number of ether oxygens (including phenoxy) is 2. The molecule has 0 saturated heterocycles. The zero-order valence-corrected chi connectivity index (χ0v) is 12.1. The Hall–Kier alpha value is -1.32. The van der Waals surface area contributed by atoms with Crippen LogP contribution >= 0.6 is 0 Å². The van der Waals surface area contributed by atoms with Crippen LogP contribution in [0.2, 0.25) is 0 Å². The van der Waals surface area contributed by atoms with Gasteiger partial charge in [0, 0.05) is 6.08 Å². The minimum Gasteiger partial charge on any atom is -0.468 e. The molecule has 19 heavy (non-hydrogen) atoms. The Bertz CT molecular complexity index is 346. The largest absolute Gasteiger partial charge is 0.468 e. The first-order valence-corrected chi connectivity index (χ1v) is 7.06. The SMILES string of the molecule is CCCCCCC[C@@H]1OC(=O)C=C(C)[C@@H]1C(=O)OC. The third-order valence-electron chi connectivity index (χ3n) is 3.52. The highest BCUT2D eigenvalue weighted by molar-refractivity contribution is 5.88. The summed E-state index contributed by atoms with van der Waals surface area (Å²) in [5.41, 5.74) is 0.738. The summed E-state index contributed by atoms with van der Waals surface area (Å²) in [6, 6.07) is 0. The van der Waals surface area contributed by atoms with Gasteiger partial charge in [-0.05, 0) is 25.3 Å². The number of hydrogen-bond donors (Lipinski definition) is 0. The second-order valence-corrected chi connectivity index (χ2v) is 5.07. The van der Waals surface area contributed by atoms with Gasteiger partial charge in [0.2, 0.25) is 0 Å². The van der Waals surface area contributed by atoms with Gasteiger partial charge in [-0.3, -0.25) is 4.79 Å². The lowest BCUT2D eigenvalue weighted by atomic mass is 9.88. The summed E-state index contributed by atoms with van der Waals surface area (Å²) in [6.07, 6.45) is 7.43. The van der Waals surface area contributed by atoms with Gasteiger partial charge in [0.1, 0.15) is 12.0 Å². The average Bonchev–Trinajstić information content (AvgIpc) is 2.37. The van der Waals surface area contributed by atoms with Crippen molar-refractivity contribution >= 4 is 11.9 Å². The van der Waals surface area contributed by atoms with E-state index in [1.54, 1.807) is 6.92 Å². The summed E-state index contributed by atoms with van der Waals surface area (Å²) in [5, 5.41) is 0. The molecular formula is C15H24O4. The standard InChI is InChI=1S/C15H24O4/c1-4-5-6-7-8-9-12-14(15(17)18-3)11(2)10-13(16)19-12/h10,12,14H,4-9H2,1-3H3/t12-,14-/m0/s1. The fraction of sp³-hybridized carbons (Fsp3) is 0.733. The lowest BCUT2D eigenvalue weighted by Crippen LogP contribution is -2.37. The number of unbranched alkanes of at least 4 members (excludes halogenated alkanes) is 4. The highest BCUT2D eigenvalue weighted by Crippen LogP contribution is 2.28. The second-order valence-electron chi connectivity index (χ2n) is 5.07. The number of rotatable bonds is 7. The Balaban J connectivity index is 2.55. The van der Waals surface area contributed by atoms with E-state index >= 15 is 0 Å². The topological polar surface area (TPSA) is 52.6 Å². The van der Waals surface area contributed by atoms with Gasteiger partial charge in [-0.1, -0.05) is 32.6 Å². The smallest absolute Gasteiger partial charge is 0.331 e. The molecule has 1 rings (SSSR count). The molecule has 2 atom stereocenters. The number of carbonyl (C=O) groups excluding carboxylic acids is 2. The average molecular weight is 268 g/mol. The van der Waals surface area contributed by atoms with E-state index in [0.29, 0.717) is 0 Å². The van der Waals surface area contributed by atoms with Crippen LogP contribution < -0.4 is 0 Å². The zero-order valence-electron chi connectivity index (χ0n) is 12.1. The minimum atomic E-state index is -0.436. The van der Waals surface area contributed by atoms with Crippen LogP contribution in [0.1, 0.15) is 52.4 Å². The molecule has 1 aliphatic rings. The van der Waals surface area contributed by atoms with Gasteiger partial charge >= 0.3 is 11.9 Å². The fourth-order valence-corrected chi connectivity index (χ4v) is 2.46. The van der Waals surface area contributed by atoms with E-state index in [1.165, 1.54) is 32.4 Å². The number of methoxy groups -OCH3 is 1. The summed E-state index contributed by atoms with van der Waals surface area (Å²) in [6.45, 7) is 3.95. The van der Waals surface area contributed by atoms with Crippen LogP contribution in [0.5, 0.6) is 0 Å². The summed E-state index contributed by atoms with van der Waals surface area (Å²) < 4.78 is 10.1. The molecular weight excluding hydrogens is 244 g/mol. The van der Waals surface area contributed by atoms with Crippen molar-refractivity contribution in [1.29, 1.82) is 0 Å². The molecule has 4 heteroatoms. The van der Waals surface area contributed by atoms with Crippen LogP contribution in [0.25, 0.3) is 0 Å². The maximum Gasteiger partial charge on any atom is 0.331 e. The van der Waals surface area contributed by atoms with E-state index in [0.717, 1.165) is 24.8 Å². The molecule has 0 aromatic heterocycles. The molecule has 0 unspecified atom stereocenters. The Morgan fingerprint density at radius 2 is 2.00 bits per heavy atom. The quantitative estimate of drug-likeness (QED) is 0.526. The van der Waals surface area contributed by atoms with E-state index in [-0.39, 0.29) is 18.0 Å². The van der Waals surface area contributed by atoms with Crippen LogP contribution in [0.4, 0.5) is 0 Å². The molecule has 0 radical (unpaired) electrons. The summed E-state index contributed by atoms with van der Waals surface area (Å²) in [5.74, 6) is -1.11. The van der Waals surface area contributed by atoms with Crippen molar-refractivity contribution < 1.29 is 19.1 Å². The predicted molar refractivity (Wildman–Crippen MR) is 72.5 cm³/mol. The second kappa shape index (κ2) is 7.97. The number of carbonyl (C=O) groups is 2. The van der Waals surface area contributed by atoms with Crippen LogP contribution in [-0.2, 0) is 19.1 Å². The van der Waals surface area contributed by atoms with Crippen LogP contribution in [0.15, 0.2) is 11.6 Å². The van der Waals surface area contributed by atoms with Gasteiger partial charge in [0.25, 0.3) is 0 Å². The molecule has 0 aromatic rings. The first-order chi connectivity index (χ1) is 9.10. The van der Waals surface area contributed by atoms with Crippen molar-refractivity contribution in [3.63, 3.8) is 0 Å². The van der Waals surface area contributed by atoms with Crippen molar-refractivity contribution in [3.05, 3.63) is 11.6 Å².